The second-order valence-electron chi connectivity index (χ2n) is 5.83. The van der Waals surface area contributed by atoms with Crippen LogP contribution in [0.2, 0.25) is 0 Å². The van der Waals surface area contributed by atoms with E-state index in [9.17, 15) is 9.59 Å². The summed E-state index contributed by atoms with van der Waals surface area (Å²) in [7, 11) is 0. The zero-order valence-electron chi connectivity index (χ0n) is 13.8. The molecule has 1 aromatic heterocycles. The van der Waals surface area contributed by atoms with E-state index in [1.807, 2.05) is 35.2 Å². The zero-order valence-corrected chi connectivity index (χ0v) is 15.5. The number of morpholine rings is 1. The molecule has 1 saturated heterocycles. The summed E-state index contributed by atoms with van der Waals surface area (Å²) >= 11 is 6.82. The molecule has 1 amide bonds. The Balaban J connectivity index is 1.64. The van der Waals surface area contributed by atoms with Gasteiger partial charge in [0.2, 0.25) is 5.91 Å². The fourth-order valence-electron chi connectivity index (χ4n) is 2.76. The fourth-order valence-corrected chi connectivity index (χ4v) is 4.11. The van der Waals surface area contributed by atoms with Crippen molar-refractivity contribution < 1.29 is 9.53 Å². The van der Waals surface area contributed by atoms with Crippen LogP contribution in [-0.2, 0) is 16.1 Å². The Morgan fingerprint density at radius 1 is 1.20 bits per heavy atom. The van der Waals surface area contributed by atoms with Crippen LogP contribution >= 0.6 is 23.6 Å². The monoisotopic (exact) mass is 376 g/mol. The van der Waals surface area contributed by atoms with Gasteiger partial charge in [0.25, 0.3) is 5.56 Å². The van der Waals surface area contributed by atoms with E-state index < -0.39 is 0 Å². The zero-order chi connectivity index (χ0) is 17.6. The van der Waals surface area contributed by atoms with E-state index >= 15 is 0 Å². The van der Waals surface area contributed by atoms with Crippen molar-refractivity contribution in [3.8, 4) is 10.4 Å². The highest BCUT2D eigenvalue weighted by atomic mass is 32.1. The Hall–Kier alpha value is -1.83. The summed E-state index contributed by atoms with van der Waals surface area (Å²) in [6, 6.07) is 11.4. The van der Waals surface area contributed by atoms with E-state index in [0.29, 0.717) is 49.6 Å². The lowest BCUT2D eigenvalue weighted by Crippen LogP contribution is -2.40. The van der Waals surface area contributed by atoms with Gasteiger partial charge in [0.1, 0.15) is 0 Å². The molecule has 0 spiro atoms. The molecule has 0 aliphatic carbocycles. The molecule has 7 heteroatoms. The van der Waals surface area contributed by atoms with Crippen LogP contribution in [0.3, 0.4) is 0 Å². The summed E-state index contributed by atoms with van der Waals surface area (Å²) in [5, 5.41) is 0. The van der Waals surface area contributed by atoms with Gasteiger partial charge in [-0.3, -0.25) is 14.2 Å². The lowest BCUT2D eigenvalue weighted by Gasteiger charge is -2.26. The van der Waals surface area contributed by atoms with Gasteiger partial charge >= 0.3 is 0 Å². The lowest BCUT2D eigenvalue weighted by molar-refractivity contribution is -0.135. The van der Waals surface area contributed by atoms with E-state index in [2.05, 4.69) is 0 Å². The number of aromatic nitrogens is 1. The molecule has 1 aliphatic rings. The van der Waals surface area contributed by atoms with E-state index in [4.69, 9.17) is 17.0 Å². The smallest absolute Gasteiger partial charge is 0.253 e. The second-order valence-corrected chi connectivity index (χ2v) is 7.50. The minimum Gasteiger partial charge on any atom is -0.378 e. The summed E-state index contributed by atoms with van der Waals surface area (Å²) in [6.07, 6.45) is 1.03. The maximum atomic E-state index is 12.4. The molecule has 132 valence electrons. The minimum atomic E-state index is -0.110. The van der Waals surface area contributed by atoms with Crippen molar-refractivity contribution in [1.29, 1.82) is 0 Å². The van der Waals surface area contributed by atoms with Crippen molar-refractivity contribution in [3.05, 3.63) is 50.7 Å². The van der Waals surface area contributed by atoms with Crippen molar-refractivity contribution >= 4 is 29.5 Å². The Labute approximate surface area is 155 Å². The summed E-state index contributed by atoms with van der Waals surface area (Å²) in [5.74, 6) is 0.117. The van der Waals surface area contributed by atoms with Crippen LogP contribution in [0.5, 0.6) is 0 Å². The Morgan fingerprint density at radius 2 is 1.92 bits per heavy atom. The molecular weight excluding hydrogens is 356 g/mol. The van der Waals surface area contributed by atoms with E-state index in [0.717, 1.165) is 10.4 Å². The highest BCUT2D eigenvalue weighted by Crippen LogP contribution is 2.22. The third-order valence-corrected chi connectivity index (χ3v) is 5.57. The molecule has 0 saturated carbocycles. The number of carbonyl (C=O) groups excluding carboxylic acids is 1. The molecular formula is C18H20N2O3S2. The molecule has 25 heavy (non-hydrogen) atoms. The van der Waals surface area contributed by atoms with Crippen LogP contribution in [0.15, 0.2) is 41.2 Å². The first kappa shape index (κ1) is 18.0. The van der Waals surface area contributed by atoms with Crippen LogP contribution < -0.4 is 5.56 Å². The number of amides is 1. The maximum absolute atomic E-state index is 12.4. The van der Waals surface area contributed by atoms with Gasteiger partial charge in [-0.05, 0) is 24.2 Å². The SMILES string of the molecule is O=C(CCCn1c(=O)cc(-c2ccccc2)sc1=S)N1CCOCC1. The maximum Gasteiger partial charge on any atom is 0.253 e. The molecule has 1 aromatic carbocycles. The first-order valence-corrected chi connectivity index (χ1v) is 9.53. The molecule has 2 aromatic rings. The lowest BCUT2D eigenvalue weighted by atomic mass is 10.2. The molecule has 1 fully saturated rings. The number of ether oxygens (including phenoxy) is 1. The highest BCUT2D eigenvalue weighted by Gasteiger charge is 2.16. The van der Waals surface area contributed by atoms with E-state index in [-0.39, 0.29) is 11.5 Å². The van der Waals surface area contributed by atoms with E-state index in [1.54, 1.807) is 10.6 Å². The van der Waals surface area contributed by atoms with E-state index in [1.165, 1.54) is 11.3 Å². The van der Waals surface area contributed by atoms with Crippen LogP contribution in [0.25, 0.3) is 10.4 Å². The number of carbonyl (C=O) groups is 1. The van der Waals surface area contributed by atoms with Gasteiger partial charge < -0.3 is 9.64 Å². The number of hydrogen-bond donors (Lipinski definition) is 0. The normalized spacial score (nSPS) is 14.5. The van der Waals surface area contributed by atoms with Gasteiger partial charge in [0.15, 0.2) is 3.95 Å². The topological polar surface area (TPSA) is 51.5 Å². The molecule has 0 radical (unpaired) electrons. The van der Waals surface area contributed by atoms with Crippen molar-refractivity contribution in [3.63, 3.8) is 0 Å². The Morgan fingerprint density at radius 3 is 2.60 bits per heavy atom. The summed E-state index contributed by atoms with van der Waals surface area (Å²) < 4.78 is 7.38. The number of hydrogen-bond acceptors (Lipinski definition) is 5. The second kappa shape index (κ2) is 8.51. The third-order valence-electron chi connectivity index (χ3n) is 4.13. The predicted molar refractivity (Wildman–Crippen MR) is 101 cm³/mol. The largest absolute Gasteiger partial charge is 0.378 e. The third kappa shape index (κ3) is 4.62. The molecule has 0 atom stereocenters. The summed E-state index contributed by atoms with van der Waals surface area (Å²) in [4.78, 5) is 27.3. The van der Waals surface area contributed by atoms with Crippen LogP contribution in [0.1, 0.15) is 12.8 Å². The Bertz CT molecular complexity index is 808. The Kier molecular flexibility index (Phi) is 6.12. The van der Waals surface area contributed by atoms with Crippen molar-refractivity contribution in [1.82, 2.24) is 9.47 Å². The average Bonchev–Trinajstić information content (AvgIpc) is 2.65. The first-order valence-electron chi connectivity index (χ1n) is 8.31. The average molecular weight is 377 g/mol. The van der Waals surface area contributed by atoms with Crippen LogP contribution in [-0.4, -0.2) is 41.7 Å². The quantitative estimate of drug-likeness (QED) is 0.753. The fraction of sp³-hybridized carbons (Fsp3) is 0.389. The molecule has 0 N–H and O–H groups in total. The van der Waals surface area contributed by atoms with Crippen LogP contribution in [0.4, 0.5) is 0 Å². The van der Waals surface area contributed by atoms with Gasteiger partial charge in [-0.1, -0.05) is 30.3 Å². The molecule has 3 rings (SSSR count). The molecule has 2 heterocycles. The van der Waals surface area contributed by atoms with Crippen LogP contribution in [0, 0.1) is 3.95 Å². The van der Waals surface area contributed by atoms with Gasteiger partial charge in [-0.15, -0.1) is 11.3 Å². The predicted octanol–water partition coefficient (Wildman–Crippen LogP) is 2.95. The van der Waals surface area contributed by atoms with Gasteiger partial charge in [-0.2, -0.15) is 0 Å². The highest BCUT2D eigenvalue weighted by molar-refractivity contribution is 7.73. The van der Waals surface area contributed by atoms with Gasteiger partial charge in [-0.25, -0.2) is 0 Å². The summed E-state index contributed by atoms with van der Waals surface area (Å²) in [5.41, 5.74) is 0.881. The standard InChI is InChI=1S/C18H20N2O3S2/c21-16(19-9-11-23-12-10-19)7-4-8-20-17(22)13-15(25-18(20)24)14-5-2-1-3-6-14/h1-3,5-6,13H,4,7-12H2. The molecule has 1 aliphatic heterocycles. The van der Waals surface area contributed by atoms with Crippen molar-refractivity contribution in [2.75, 3.05) is 26.3 Å². The summed E-state index contributed by atoms with van der Waals surface area (Å²) in [6.45, 7) is 2.98. The molecule has 0 bridgehead atoms. The van der Waals surface area contributed by atoms with Gasteiger partial charge in [0, 0.05) is 37.0 Å². The number of nitrogens with zero attached hydrogens (tertiary/aromatic N) is 2. The van der Waals surface area contributed by atoms with Crippen molar-refractivity contribution in [2.24, 2.45) is 0 Å². The van der Waals surface area contributed by atoms with Gasteiger partial charge in [0.05, 0.1) is 13.2 Å². The minimum absolute atomic E-state index is 0.110. The number of benzene rings is 1. The first-order chi connectivity index (χ1) is 12.1. The number of rotatable bonds is 5. The molecule has 0 unspecified atom stereocenters. The molecule has 5 nitrogen and oxygen atoms in total. The van der Waals surface area contributed by atoms with Crippen molar-refractivity contribution in [2.45, 2.75) is 19.4 Å².